The fourth-order valence-electron chi connectivity index (χ4n) is 0.705. The van der Waals surface area contributed by atoms with Crippen molar-refractivity contribution in [1.29, 1.82) is 0 Å². The number of carbonyl (C=O) groups is 1. The molecule has 0 aromatic carbocycles. The van der Waals surface area contributed by atoms with Crippen molar-refractivity contribution in [2.24, 2.45) is 0 Å². The Labute approximate surface area is 60.6 Å². The number of hydrogen-bond acceptors (Lipinski definition) is 3. The van der Waals surface area contributed by atoms with Crippen LogP contribution in [-0.4, -0.2) is 23.7 Å². The Hall–Kier alpha value is -0.610. The molecule has 0 aromatic heterocycles. The molecule has 1 amide bonds. The first-order valence-corrected chi connectivity index (χ1v) is 3.35. The molecule has 0 spiro atoms. The lowest BCUT2D eigenvalue weighted by Gasteiger charge is -2.18. The first kappa shape index (κ1) is 9.39. The van der Waals surface area contributed by atoms with Crippen LogP contribution in [0.5, 0.6) is 0 Å². The van der Waals surface area contributed by atoms with Gasteiger partial charge in [0, 0.05) is 0 Å². The van der Waals surface area contributed by atoms with E-state index in [9.17, 15) is 4.79 Å². The molecule has 0 aromatic rings. The molecule has 60 valence electrons. The minimum Gasteiger partial charge on any atom is -0.392 e. The lowest BCUT2D eigenvalue weighted by molar-refractivity contribution is -0.110. The molecule has 0 aliphatic heterocycles. The van der Waals surface area contributed by atoms with Gasteiger partial charge in [0.2, 0.25) is 6.41 Å². The van der Waals surface area contributed by atoms with Gasteiger partial charge in [-0.25, -0.2) is 5.43 Å². The molecular weight excluding hydrogens is 132 g/mol. The molecule has 0 bridgehead atoms. The van der Waals surface area contributed by atoms with Crippen LogP contribution in [0.25, 0.3) is 0 Å². The number of amides is 1. The van der Waals surface area contributed by atoms with Crippen LogP contribution < -0.4 is 10.9 Å². The largest absolute Gasteiger partial charge is 0.392 e. The summed E-state index contributed by atoms with van der Waals surface area (Å²) in [4.78, 5) is 9.79. The highest BCUT2D eigenvalue weighted by Crippen LogP contribution is 1.94. The molecule has 3 N–H and O–H groups in total. The van der Waals surface area contributed by atoms with Gasteiger partial charge in [-0.3, -0.25) is 10.2 Å². The Morgan fingerprint density at radius 2 is 2.30 bits per heavy atom. The molecule has 0 aliphatic carbocycles. The van der Waals surface area contributed by atoms with Crippen molar-refractivity contribution in [3.8, 4) is 0 Å². The molecule has 0 saturated carbocycles. The third-order valence-electron chi connectivity index (χ3n) is 1.35. The standard InChI is InChI=1S/C6H14N2O2/c1-3-6(5(2)10)8-7-4-9/h4-6,8,10H,3H2,1-2H3,(H,7,9)/t5-,6?/m0/s1. The number of aliphatic hydroxyl groups is 1. The van der Waals surface area contributed by atoms with E-state index >= 15 is 0 Å². The average molecular weight is 146 g/mol. The van der Waals surface area contributed by atoms with E-state index in [0.717, 1.165) is 6.42 Å². The smallest absolute Gasteiger partial charge is 0.221 e. The Bertz CT molecular complexity index is 95.7. The monoisotopic (exact) mass is 146 g/mol. The molecule has 0 aliphatic rings. The lowest BCUT2D eigenvalue weighted by atomic mass is 10.1. The maximum absolute atomic E-state index is 9.79. The van der Waals surface area contributed by atoms with Crippen molar-refractivity contribution < 1.29 is 9.90 Å². The summed E-state index contributed by atoms with van der Waals surface area (Å²) in [7, 11) is 0. The molecule has 2 atom stereocenters. The molecule has 0 heterocycles. The van der Waals surface area contributed by atoms with Gasteiger partial charge in [-0.05, 0) is 13.3 Å². The van der Waals surface area contributed by atoms with E-state index in [1.807, 2.05) is 6.92 Å². The van der Waals surface area contributed by atoms with Crippen LogP contribution in [0.4, 0.5) is 0 Å². The molecule has 0 fully saturated rings. The molecule has 10 heavy (non-hydrogen) atoms. The van der Waals surface area contributed by atoms with Crippen molar-refractivity contribution in [2.45, 2.75) is 32.4 Å². The second-order valence-electron chi connectivity index (χ2n) is 2.16. The fourth-order valence-corrected chi connectivity index (χ4v) is 0.705. The molecule has 4 nitrogen and oxygen atoms in total. The number of nitrogens with one attached hydrogen (secondary N) is 2. The van der Waals surface area contributed by atoms with Crippen LogP contribution in [0.1, 0.15) is 20.3 Å². The van der Waals surface area contributed by atoms with Gasteiger partial charge in [0.05, 0.1) is 12.1 Å². The van der Waals surface area contributed by atoms with E-state index in [4.69, 9.17) is 5.11 Å². The number of carbonyl (C=O) groups excluding carboxylic acids is 1. The van der Waals surface area contributed by atoms with Crippen LogP contribution in [0, 0.1) is 0 Å². The minimum atomic E-state index is -0.447. The van der Waals surface area contributed by atoms with Crippen molar-refractivity contribution in [3.05, 3.63) is 0 Å². The highest BCUT2D eigenvalue weighted by atomic mass is 16.3. The van der Waals surface area contributed by atoms with Gasteiger partial charge < -0.3 is 5.11 Å². The summed E-state index contributed by atoms with van der Waals surface area (Å²) in [6.07, 6.45) is 0.876. The van der Waals surface area contributed by atoms with Gasteiger partial charge >= 0.3 is 0 Å². The molecule has 0 radical (unpaired) electrons. The van der Waals surface area contributed by atoms with Crippen LogP contribution in [-0.2, 0) is 4.79 Å². The van der Waals surface area contributed by atoms with Crippen molar-refractivity contribution in [1.82, 2.24) is 10.9 Å². The number of hydrogen-bond donors (Lipinski definition) is 3. The van der Waals surface area contributed by atoms with Gasteiger partial charge in [0.25, 0.3) is 0 Å². The van der Waals surface area contributed by atoms with E-state index in [2.05, 4.69) is 10.9 Å². The van der Waals surface area contributed by atoms with E-state index in [1.54, 1.807) is 6.92 Å². The van der Waals surface area contributed by atoms with E-state index in [0.29, 0.717) is 6.41 Å². The summed E-state index contributed by atoms with van der Waals surface area (Å²) in [6.45, 7) is 3.60. The number of rotatable bonds is 5. The zero-order valence-electron chi connectivity index (χ0n) is 6.29. The SMILES string of the molecule is CCC(NNC=O)[C@H](C)O. The van der Waals surface area contributed by atoms with Gasteiger partial charge in [-0.1, -0.05) is 6.92 Å². The number of aliphatic hydroxyl groups excluding tert-OH is 1. The van der Waals surface area contributed by atoms with Gasteiger partial charge in [0.15, 0.2) is 0 Å². The van der Waals surface area contributed by atoms with E-state index in [1.165, 1.54) is 0 Å². The molecule has 0 rings (SSSR count). The highest BCUT2D eigenvalue weighted by Gasteiger charge is 2.10. The first-order valence-electron chi connectivity index (χ1n) is 3.35. The highest BCUT2D eigenvalue weighted by molar-refractivity contribution is 5.44. The second kappa shape index (κ2) is 5.20. The minimum absolute atomic E-state index is 0.0646. The maximum atomic E-state index is 9.79. The normalized spacial score (nSPS) is 15.9. The average Bonchev–Trinajstić information content (AvgIpc) is 1.89. The molecule has 4 heteroatoms. The van der Waals surface area contributed by atoms with E-state index in [-0.39, 0.29) is 6.04 Å². The zero-order valence-corrected chi connectivity index (χ0v) is 6.29. The van der Waals surface area contributed by atoms with Crippen LogP contribution >= 0.6 is 0 Å². The Kier molecular flexibility index (Phi) is 4.88. The fraction of sp³-hybridized carbons (Fsp3) is 0.833. The third kappa shape index (κ3) is 3.42. The van der Waals surface area contributed by atoms with Crippen LogP contribution in [0.15, 0.2) is 0 Å². The third-order valence-corrected chi connectivity index (χ3v) is 1.35. The summed E-state index contributed by atoms with van der Waals surface area (Å²) < 4.78 is 0. The second-order valence-corrected chi connectivity index (χ2v) is 2.16. The van der Waals surface area contributed by atoms with Crippen LogP contribution in [0.3, 0.4) is 0 Å². The summed E-state index contributed by atoms with van der Waals surface area (Å²) in [6, 6.07) is -0.0646. The summed E-state index contributed by atoms with van der Waals surface area (Å²) in [5.41, 5.74) is 4.94. The van der Waals surface area contributed by atoms with Crippen molar-refractivity contribution in [3.63, 3.8) is 0 Å². The molecular formula is C6H14N2O2. The van der Waals surface area contributed by atoms with Gasteiger partial charge in [0.1, 0.15) is 0 Å². The summed E-state index contributed by atoms with van der Waals surface area (Å²) in [5.74, 6) is 0. The Morgan fingerprint density at radius 3 is 2.60 bits per heavy atom. The zero-order chi connectivity index (χ0) is 7.98. The van der Waals surface area contributed by atoms with Crippen molar-refractivity contribution >= 4 is 6.41 Å². The Balaban J connectivity index is 3.49. The van der Waals surface area contributed by atoms with Gasteiger partial charge in [-0.2, -0.15) is 0 Å². The molecule has 1 unspecified atom stereocenters. The maximum Gasteiger partial charge on any atom is 0.221 e. The summed E-state index contributed by atoms with van der Waals surface area (Å²) >= 11 is 0. The van der Waals surface area contributed by atoms with Crippen molar-refractivity contribution in [2.75, 3.05) is 0 Å². The summed E-state index contributed by atoms with van der Waals surface area (Å²) in [5, 5.41) is 9.02. The predicted molar refractivity (Wildman–Crippen MR) is 38.1 cm³/mol. The topological polar surface area (TPSA) is 61.4 Å². The van der Waals surface area contributed by atoms with Crippen LogP contribution in [0.2, 0.25) is 0 Å². The van der Waals surface area contributed by atoms with E-state index < -0.39 is 6.10 Å². The lowest BCUT2D eigenvalue weighted by Crippen LogP contribution is -2.45. The first-order chi connectivity index (χ1) is 4.72. The number of hydrazine groups is 1. The molecule has 0 saturated heterocycles. The quantitative estimate of drug-likeness (QED) is 0.358. The predicted octanol–water partition coefficient (Wildman–Crippen LogP) is -0.604. The Morgan fingerprint density at radius 1 is 1.70 bits per heavy atom. The van der Waals surface area contributed by atoms with Gasteiger partial charge in [-0.15, -0.1) is 0 Å².